The number of likely N-dealkylation sites (tertiary alicyclic amines) is 1. The van der Waals surface area contributed by atoms with Gasteiger partial charge in [-0.15, -0.1) is 0 Å². The van der Waals surface area contributed by atoms with Gasteiger partial charge in [-0.05, 0) is 50.8 Å². The first-order valence-electron chi connectivity index (χ1n) is 9.58. The lowest BCUT2D eigenvalue weighted by atomic mass is 9.80. The van der Waals surface area contributed by atoms with Gasteiger partial charge >= 0.3 is 0 Å². The van der Waals surface area contributed by atoms with Gasteiger partial charge in [0.25, 0.3) is 5.91 Å². The van der Waals surface area contributed by atoms with Crippen LogP contribution in [0.25, 0.3) is 0 Å². The maximum absolute atomic E-state index is 12.9. The summed E-state index contributed by atoms with van der Waals surface area (Å²) in [6.45, 7) is 7.64. The monoisotopic (exact) mass is 364 g/mol. The Labute approximate surface area is 161 Å². The standard InChI is InChI=1S/C23H28N2O2/c1-17-9-11-19(12-10-17)15-24-22(27)23(3)13-6-14-25(16-23)21(26)20-8-5-4-7-18(20)2/h4-5,7-12H,6,13-16H2,1-3H3,(H,24,27)/t23-/m1/s1. The van der Waals surface area contributed by atoms with Crippen LogP contribution in [0.2, 0.25) is 0 Å². The van der Waals surface area contributed by atoms with E-state index in [0.717, 1.165) is 29.5 Å². The SMILES string of the molecule is Cc1ccc(CNC(=O)[C@]2(C)CCCN(C(=O)c3ccccc3C)C2)cc1. The fraction of sp³-hybridized carbons (Fsp3) is 0.391. The van der Waals surface area contributed by atoms with Crippen LogP contribution in [-0.4, -0.2) is 29.8 Å². The third-order valence-electron chi connectivity index (χ3n) is 5.48. The molecule has 0 bridgehead atoms. The van der Waals surface area contributed by atoms with E-state index in [1.165, 1.54) is 5.56 Å². The maximum Gasteiger partial charge on any atom is 0.254 e. The van der Waals surface area contributed by atoms with Gasteiger partial charge in [-0.3, -0.25) is 9.59 Å². The van der Waals surface area contributed by atoms with Crippen LogP contribution in [0.5, 0.6) is 0 Å². The van der Waals surface area contributed by atoms with Gasteiger partial charge < -0.3 is 10.2 Å². The molecule has 142 valence electrons. The first-order valence-corrected chi connectivity index (χ1v) is 9.58. The minimum absolute atomic E-state index is 0.0189. The van der Waals surface area contributed by atoms with Crippen molar-refractivity contribution < 1.29 is 9.59 Å². The zero-order valence-corrected chi connectivity index (χ0v) is 16.4. The molecule has 2 aromatic carbocycles. The van der Waals surface area contributed by atoms with Crippen LogP contribution >= 0.6 is 0 Å². The largest absolute Gasteiger partial charge is 0.351 e. The summed E-state index contributed by atoms with van der Waals surface area (Å²) in [5.74, 6) is 0.0377. The number of aryl methyl sites for hydroxylation is 2. The van der Waals surface area contributed by atoms with E-state index in [-0.39, 0.29) is 11.8 Å². The number of piperidine rings is 1. The van der Waals surface area contributed by atoms with E-state index in [4.69, 9.17) is 0 Å². The van der Waals surface area contributed by atoms with Gasteiger partial charge in [-0.1, -0.05) is 48.0 Å². The van der Waals surface area contributed by atoms with E-state index >= 15 is 0 Å². The fourth-order valence-electron chi connectivity index (χ4n) is 3.68. The zero-order valence-electron chi connectivity index (χ0n) is 16.4. The maximum atomic E-state index is 12.9. The number of benzene rings is 2. The lowest BCUT2D eigenvalue weighted by molar-refractivity contribution is -0.132. The molecule has 4 nitrogen and oxygen atoms in total. The van der Waals surface area contributed by atoms with E-state index in [1.54, 1.807) is 0 Å². The Kier molecular flexibility index (Phi) is 5.64. The first-order chi connectivity index (χ1) is 12.9. The Morgan fingerprint density at radius 2 is 1.78 bits per heavy atom. The summed E-state index contributed by atoms with van der Waals surface area (Å²) in [5, 5.41) is 3.06. The number of amides is 2. The first kappa shape index (κ1) is 19.2. The second kappa shape index (κ2) is 7.95. The van der Waals surface area contributed by atoms with Crippen molar-refractivity contribution in [2.24, 2.45) is 5.41 Å². The minimum atomic E-state index is -0.554. The number of hydrogen-bond acceptors (Lipinski definition) is 2. The van der Waals surface area contributed by atoms with E-state index in [9.17, 15) is 9.59 Å². The molecule has 0 aromatic heterocycles. The lowest BCUT2D eigenvalue weighted by Crippen LogP contribution is -2.51. The second-order valence-corrected chi connectivity index (χ2v) is 7.87. The normalized spacial score (nSPS) is 19.6. The molecule has 0 radical (unpaired) electrons. The average Bonchev–Trinajstić information content (AvgIpc) is 2.67. The highest BCUT2D eigenvalue weighted by Gasteiger charge is 2.39. The lowest BCUT2D eigenvalue weighted by Gasteiger charge is -2.39. The van der Waals surface area contributed by atoms with Crippen molar-refractivity contribution in [2.75, 3.05) is 13.1 Å². The molecule has 1 aliphatic heterocycles. The molecule has 0 aliphatic carbocycles. The Bertz CT molecular complexity index is 829. The molecule has 1 aliphatic rings. The van der Waals surface area contributed by atoms with Crippen molar-refractivity contribution in [3.63, 3.8) is 0 Å². The van der Waals surface area contributed by atoms with Crippen LogP contribution in [-0.2, 0) is 11.3 Å². The van der Waals surface area contributed by atoms with Crippen molar-refractivity contribution >= 4 is 11.8 Å². The van der Waals surface area contributed by atoms with Crippen LogP contribution in [0.4, 0.5) is 0 Å². The number of nitrogens with one attached hydrogen (secondary N) is 1. The molecule has 4 heteroatoms. The molecular formula is C23H28N2O2. The average molecular weight is 364 g/mol. The van der Waals surface area contributed by atoms with Gasteiger partial charge in [-0.2, -0.15) is 0 Å². The molecule has 0 unspecified atom stereocenters. The molecule has 0 spiro atoms. The predicted molar refractivity (Wildman–Crippen MR) is 107 cm³/mol. The zero-order chi connectivity index (χ0) is 19.4. The number of carbonyl (C=O) groups is 2. The van der Waals surface area contributed by atoms with E-state index in [2.05, 4.69) is 5.32 Å². The van der Waals surface area contributed by atoms with E-state index < -0.39 is 5.41 Å². The fourth-order valence-corrected chi connectivity index (χ4v) is 3.68. The summed E-state index contributed by atoms with van der Waals surface area (Å²) in [5.41, 5.74) is 3.43. The molecule has 0 saturated carbocycles. The molecular weight excluding hydrogens is 336 g/mol. The minimum Gasteiger partial charge on any atom is -0.351 e. The predicted octanol–water partition coefficient (Wildman–Crippen LogP) is 3.86. The Morgan fingerprint density at radius 1 is 1.07 bits per heavy atom. The Morgan fingerprint density at radius 3 is 2.48 bits per heavy atom. The molecule has 1 fully saturated rings. The summed E-state index contributed by atoms with van der Waals surface area (Å²) in [6.07, 6.45) is 1.64. The van der Waals surface area contributed by atoms with Crippen molar-refractivity contribution in [1.29, 1.82) is 0 Å². The van der Waals surface area contributed by atoms with Gasteiger partial charge in [0.05, 0.1) is 5.41 Å². The van der Waals surface area contributed by atoms with Crippen LogP contribution in [0.1, 0.15) is 46.8 Å². The van der Waals surface area contributed by atoms with Crippen molar-refractivity contribution in [2.45, 2.75) is 40.2 Å². The summed E-state index contributed by atoms with van der Waals surface area (Å²) < 4.78 is 0. The van der Waals surface area contributed by atoms with Crippen LogP contribution in [0.3, 0.4) is 0 Å². The van der Waals surface area contributed by atoms with Gasteiger partial charge in [0.15, 0.2) is 0 Å². The van der Waals surface area contributed by atoms with Gasteiger partial charge in [0.2, 0.25) is 5.91 Å². The topological polar surface area (TPSA) is 49.4 Å². The number of hydrogen-bond donors (Lipinski definition) is 1. The molecule has 27 heavy (non-hydrogen) atoms. The molecule has 1 atom stereocenters. The van der Waals surface area contributed by atoms with Crippen molar-refractivity contribution in [1.82, 2.24) is 10.2 Å². The van der Waals surface area contributed by atoms with Gasteiger partial charge in [-0.25, -0.2) is 0 Å². The third kappa shape index (κ3) is 4.38. The highest BCUT2D eigenvalue weighted by atomic mass is 16.2. The van der Waals surface area contributed by atoms with Crippen LogP contribution in [0.15, 0.2) is 48.5 Å². The van der Waals surface area contributed by atoms with Crippen LogP contribution in [0, 0.1) is 19.3 Å². The molecule has 1 saturated heterocycles. The smallest absolute Gasteiger partial charge is 0.254 e. The Hall–Kier alpha value is -2.62. The number of carbonyl (C=O) groups excluding carboxylic acids is 2. The summed E-state index contributed by atoms with van der Waals surface area (Å²) in [6, 6.07) is 15.8. The molecule has 1 heterocycles. The van der Waals surface area contributed by atoms with Crippen molar-refractivity contribution in [3.8, 4) is 0 Å². The van der Waals surface area contributed by atoms with Gasteiger partial charge in [0, 0.05) is 25.2 Å². The summed E-state index contributed by atoms with van der Waals surface area (Å²) in [7, 11) is 0. The number of rotatable bonds is 4. The highest BCUT2D eigenvalue weighted by Crippen LogP contribution is 2.31. The quantitative estimate of drug-likeness (QED) is 0.895. The van der Waals surface area contributed by atoms with Crippen molar-refractivity contribution in [3.05, 3.63) is 70.8 Å². The Balaban J connectivity index is 1.66. The highest BCUT2D eigenvalue weighted by molar-refractivity contribution is 5.96. The summed E-state index contributed by atoms with van der Waals surface area (Å²) in [4.78, 5) is 27.6. The molecule has 1 N–H and O–H groups in total. The molecule has 2 amide bonds. The summed E-state index contributed by atoms with van der Waals surface area (Å²) >= 11 is 0. The number of nitrogens with zero attached hydrogens (tertiary/aromatic N) is 1. The van der Waals surface area contributed by atoms with E-state index in [0.29, 0.717) is 19.6 Å². The van der Waals surface area contributed by atoms with E-state index in [1.807, 2.05) is 74.2 Å². The molecule has 2 aromatic rings. The van der Waals surface area contributed by atoms with Gasteiger partial charge in [0.1, 0.15) is 0 Å². The third-order valence-corrected chi connectivity index (χ3v) is 5.48. The second-order valence-electron chi connectivity index (χ2n) is 7.87. The molecule has 3 rings (SSSR count). The van der Waals surface area contributed by atoms with Crippen LogP contribution < -0.4 is 5.32 Å².